The minimum Gasteiger partial charge on any atom is -0.309 e. The molecule has 0 saturated carbocycles. The first-order chi connectivity index (χ1) is 8.16. The molecule has 2 nitrogen and oxygen atoms in total. The first-order valence-electron chi connectivity index (χ1n) is 5.85. The normalized spacial score (nSPS) is 12.9. The second kappa shape index (κ2) is 5.76. The number of rotatable bonds is 5. The largest absolute Gasteiger partial charge is 0.309 e. The SMILES string of the molecule is Cc1nc(C)c(C(C)NCCc2ccsc2)s1. The Hall–Kier alpha value is -0.710. The van der Waals surface area contributed by atoms with E-state index in [-0.39, 0.29) is 0 Å². The zero-order valence-corrected chi connectivity index (χ0v) is 12.1. The van der Waals surface area contributed by atoms with Gasteiger partial charge in [0.15, 0.2) is 0 Å². The van der Waals surface area contributed by atoms with E-state index in [0.29, 0.717) is 6.04 Å². The van der Waals surface area contributed by atoms with Crippen LogP contribution in [0.25, 0.3) is 0 Å². The van der Waals surface area contributed by atoms with Gasteiger partial charge >= 0.3 is 0 Å². The highest BCUT2D eigenvalue weighted by molar-refractivity contribution is 7.11. The summed E-state index contributed by atoms with van der Waals surface area (Å²) >= 11 is 3.56. The Morgan fingerprint density at radius 2 is 2.24 bits per heavy atom. The molecular formula is C13H18N2S2. The van der Waals surface area contributed by atoms with E-state index in [0.717, 1.165) is 18.0 Å². The van der Waals surface area contributed by atoms with Crippen LogP contribution in [0.5, 0.6) is 0 Å². The lowest BCUT2D eigenvalue weighted by Gasteiger charge is -2.12. The van der Waals surface area contributed by atoms with E-state index in [9.17, 15) is 0 Å². The van der Waals surface area contributed by atoms with Crippen LogP contribution >= 0.6 is 22.7 Å². The first kappa shape index (κ1) is 12.7. The van der Waals surface area contributed by atoms with Crippen molar-refractivity contribution in [3.63, 3.8) is 0 Å². The molecule has 0 bridgehead atoms. The molecule has 0 aliphatic heterocycles. The van der Waals surface area contributed by atoms with Crippen molar-refractivity contribution in [2.75, 3.05) is 6.54 Å². The summed E-state index contributed by atoms with van der Waals surface area (Å²) < 4.78 is 0. The highest BCUT2D eigenvalue weighted by atomic mass is 32.1. The lowest BCUT2D eigenvalue weighted by atomic mass is 10.2. The molecule has 0 amide bonds. The van der Waals surface area contributed by atoms with E-state index < -0.39 is 0 Å². The second-order valence-corrected chi connectivity index (χ2v) is 6.25. The molecule has 2 heterocycles. The molecule has 4 heteroatoms. The monoisotopic (exact) mass is 266 g/mol. The van der Waals surface area contributed by atoms with Gasteiger partial charge in [0.25, 0.3) is 0 Å². The van der Waals surface area contributed by atoms with Crippen molar-refractivity contribution in [1.82, 2.24) is 10.3 Å². The molecule has 0 aliphatic carbocycles. The molecule has 17 heavy (non-hydrogen) atoms. The topological polar surface area (TPSA) is 24.9 Å². The number of nitrogens with zero attached hydrogens (tertiary/aromatic N) is 1. The number of nitrogens with one attached hydrogen (secondary N) is 1. The quantitative estimate of drug-likeness (QED) is 0.892. The van der Waals surface area contributed by atoms with Gasteiger partial charge in [0.1, 0.15) is 0 Å². The smallest absolute Gasteiger partial charge is 0.0900 e. The Labute approximate surface area is 111 Å². The van der Waals surface area contributed by atoms with Gasteiger partial charge in [-0.15, -0.1) is 11.3 Å². The lowest BCUT2D eigenvalue weighted by molar-refractivity contribution is 0.582. The molecule has 1 N–H and O–H groups in total. The van der Waals surface area contributed by atoms with Crippen LogP contribution in [0.2, 0.25) is 0 Å². The molecule has 92 valence electrons. The summed E-state index contributed by atoms with van der Waals surface area (Å²) in [7, 11) is 0. The lowest BCUT2D eigenvalue weighted by Crippen LogP contribution is -2.21. The van der Waals surface area contributed by atoms with Crippen LogP contribution in [0.1, 0.15) is 34.1 Å². The second-order valence-electron chi connectivity index (χ2n) is 4.24. The van der Waals surface area contributed by atoms with Gasteiger partial charge in [-0.3, -0.25) is 0 Å². The molecule has 1 unspecified atom stereocenters. The Morgan fingerprint density at radius 3 is 2.82 bits per heavy atom. The summed E-state index contributed by atoms with van der Waals surface area (Å²) in [5.74, 6) is 0. The van der Waals surface area contributed by atoms with Gasteiger partial charge in [-0.25, -0.2) is 4.98 Å². The van der Waals surface area contributed by atoms with Gasteiger partial charge in [-0.1, -0.05) is 0 Å². The summed E-state index contributed by atoms with van der Waals surface area (Å²) in [5.41, 5.74) is 2.59. The zero-order valence-electron chi connectivity index (χ0n) is 10.5. The molecule has 2 rings (SSSR count). The molecule has 0 spiro atoms. The summed E-state index contributed by atoms with van der Waals surface area (Å²) in [4.78, 5) is 5.84. The Bertz CT molecular complexity index is 460. The number of hydrogen-bond donors (Lipinski definition) is 1. The average Bonchev–Trinajstić information content (AvgIpc) is 2.88. The maximum atomic E-state index is 4.47. The van der Waals surface area contributed by atoms with Crippen LogP contribution in [0.4, 0.5) is 0 Å². The fourth-order valence-electron chi connectivity index (χ4n) is 1.91. The van der Waals surface area contributed by atoms with Crippen LogP contribution in [-0.2, 0) is 6.42 Å². The number of aromatic nitrogens is 1. The fraction of sp³-hybridized carbons (Fsp3) is 0.462. The van der Waals surface area contributed by atoms with Crippen LogP contribution in [0.15, 0.2) is 16.8 Å². The minimum absolute atomic E-state index is 0.403. The summed E-state index contributed by atoms with van der Waals surface area (Å²) in [5, 5.41) is 9.07. The standard InChI is InChI=1S/C13H18N2S2/c1-9(13-10(2)15-11(3)17-13)14-6-4-12-5-7-16-8-12/h5,7-9,14H,4,6H2,1-3H3. The molecule has 0 aliphatic rings. The maximum absolute atomic E-state index is 4.47. The van der Waals surface area contributed by atoms with Crippen molar-refractivity contribution >= 4 is 22.7 Å². The number of aryl methyl sites for hydroxylation is 2. The first-order valence-corrected chi connectivity index (χ1v) is 7.61. The van der Waals surface area contributed by atoms with Crippen molar-refractivity contribution in [2.45, 2.75) is 33.2 Å². The van der Waals surface area contributed by atoms with Crippen LogP contribution < -0.4 is 5.32 Å². The zero-order chi connectivity index (χ0) is 12.3. The number of thiophene rings is 1. The third-order valence-corrected chi connectivity index (χ3v) is 4.76. The molecule has 0 aromatic carbocycles. The third-order valence-electron chi connectivity index (χ3n) is 2.78. The molecule has 1 atom stereocenters. The molecule has 2 aromatic heterocycles. The maximum Gasteiger partial charge on any atom is 0.0900 e. The Kier molecular flexibility index (Phi) is 4.31. The predicted octanol–water partition coefficient (Wildman–Crippen LogP) is 3.71. The predicted molar refractivity (Wildman–Crippen MR) is 76.0 cm³/mol. The molecule has 2 aromatic rings. The van der Waals surface area contributed by atoms with Crippen LogP contribution in [0, 0.1) is 13.8 Å². The highest BCUT2D eigenvalue weighted by Gasteiger charge is 2.11. The van der Waals surface area contributed by atoms with Crippen molar-refractivity contribution in [3.8, 4) is 0 Å². The van der Waals surface area contributed by atoms with E-state index in [4.69, 9.17) is 0 Å². The van der Waals surface area contributed by atoms with Gasteiger partial charge < -0.3 is 5.32 Å². The van der Waals surface area contributed by atoms with E-state index in [1.54, 1.807) is 22.7 Å². The van der Waals surface area contributed by atoms with Crippen molar-refractivity contribution in [3.05, 3.63) is 38.0 Å². The molecular weight excluding hydrogens is 248 g/mol. The van der Waals surface area contributed by atoms with E-state index in [1.165, 1.54) is 16.1 Å². The minimum atomic E-state index is 0.403. The highest BCUT2D eigenvalue weighted by Crippen LogP contribution is 2.24. The van der Waals surface area contributed by atoms with Gasteiger partial charge in [0.05, 0.1) is 10.7 Å². The summed E-state index contributed by atoms with van der Waals surface area (Å²) in [6.45, 7) is 7.40. The van der Waals surface area contributed by atoms with E-state index in [1.807, 2.05) is 0 Å². The average molecular weight is 266 g/mol. The molecule has 0 saturated heterocycles. The molecule has 0 fully saturated rings. The summed E-state index contributed by atoms with van der Waals surface area (Å²) in [6.07, 6.45) is 1.10. The van der Waals surface area contributed by atoms with Gasteiger partial charge in [-0.05, 0) is 56.1 Å². The molecule has 0 radical (unpaired) electrons. The van der Waals surface area contributed by atoms with Crippen molar-refractivity contribution in [1.29, 1.82) is 0 Å². The van der Waals surface area contributed by atoms with E-state index in [2.05, 4.69) is 47.9 Å². The van der Waals surface area contributed by atoms with Crippen LogP contribution in [-0.4, -0.2) is 11.5 Å². The Balaban J connectivity index is 1.85. The third kappa shape index (κ3) is 3.37. The number of hydrogen-bond acceptors (Lipinski definition) is 4. The van der Waals surface area contributed by atoms with Crippen LogP contribution in [0.3, 0.4) is 0 Å². The fourth-order valence-corrected chi connectivity index (χ4v) is 3.57. The van der Waals surface area contributed by atoms with E-state index >= 15 is 0 Å². The number of thiazole rings is 1. The van der Waals surface area contributed by atoms with Crippen molar-refractivity contribution < 1.29 is 0 Å². The van der Waals surface area contributed by atoms with Gasteiger partial charge in [-0.2, -0.15) is 11.3 Å². The Morgan fingerprint density at radius 1 is 1.41 bits per heavy atom. The van der Waals surface area contributed by atoms with Crippen molar-refractivity contribution in [2.24, 2.45) is 0 Å². The van der Waals surface area contributed by atoms with Gasteiger partial charge in [0.2, 0.25) is 0 Å². The van der Waals surface area contributed by atoms with Gasteiger partial charge in [0, 0.05) is 10.9 Å². The summed E-state index contributed by atoms with van der Waals surface area (Å²) in [6, 6.07) is 2.60.